The molecule has 1 aliphatic heterocycles. The van der Waals surface area contributed by atoms with E-state index in [-0.39, 0.29) is 19.0 Å². The summed E-state index contributed by atoms with van der Waals surface area (Å²) in [6, 6.07) is 9.40. The zero-order valence-corrected chi connectivity index (χ0v) is 10.5. The molecule has 0 saturated carbocycles. The minimum absolute atomic E-state index is 0.0677. The lowest BCUT2D eigenvalue weighted by Crippen LogP contribution is -2.32. The summed E-state index contributed by atoms with van der Waals surface area (Å²) in [6.45, 7) is 1.58. The molecule has 96 valence electrons. The van der Waals surface area contributed by atoms with Gasteiger partial charge in [0.25, 0.3) is 5.91 Å². The van der Waals surface area contributed by atoms with Gasteiger partial charge in [0.05, 0.1) is 12.1 Å². The van der Waals surface area contributed by atoms with Crippen LogP contribution in [0.15, 0.2) is 18.2 Å². The molecule has 1 aromatic rings. The lowest BCUT2D eigenvalue weighted by Gasteiger charge is -2.20. The minimum atomic E-state index is -0.267. The fourth-order valence-electron chi connectivity index (χ4n) is 2.17. The molecule has 0 aliphatic carbocycles. The second kappa shape index (κ2) is 5.99. The molecule has 1 heterocycles. The van der Waals surface area contributed by atoms with Crippen molar-refractivity contribution in [2.24, 2.45) is 0 Å². The SMILES string of the molecule is N#CCN(CC#N)C(=O)c1ccc2c(c1)CNCC2. The molecule has 19 heavy (non-hydrogen) atoms. The van der Waals surface area contributed by atoms with E-state index in [4.69, 9.17) is 10.5 Å². The zero-order valence-electron chi connectivity index (χ0n) is 10.5. The number of nitrogens with one attached hydrogen (secondary N) is 1. The number of nitriles is 2. The van der Waals surface area contributed by atoms with Crippen LogP contribution in [0, 0.1) is 22.7 Å². The van der Waals surface area contributed by atoms with Crippen molar-refractivity contribution in [3.05, 3.63) is 34.9 Å². The van der Waals surface area contributed by atoms with Crippen molar-refractivity contribution in [3.63, 3.8) is 0 Å². The smallest absolute Gasteiger partial charge is 0.255 e. The van der Waals surface area contributed by atoms with Crippen LogP contribution < -0.4 is 5.32 Å². The van der Waals surface area contributed by atoms with E-state index < -0.39 is 0 Å². The highest BCUT2D eigenvalue weighted by Crippen LogP contribution is 2.17. The third-order valence-electron chi connectivity index (χ3n) is 3.15. The van der Waals surface area contributed by atoms with Crippen LogP contribution in [-0.2, 0) is 13.0 Å². The standard InChI is InChI=1S/C14H14N4O/c15-4-7-18(8-5-16)14(19)12-2-1-11-3-6-17-10-13(11)9-12/h1-2,9,17H,3,6-8,10H2. The highest BCUT2D eigenvalue weighted by molar-refractivity contribution is 5.94. The molecule has 0 saturated heterocycles. The van der Waals surface area contributed by atoms with E-state index in [0.717, 1.165) is 25.1 Å². The van der Waals surface area contributed by atoms with Gasteiger partial charge in [-0.15, -0.1) is 0 Å². The summed E-state index contributed by atoms with van der Waals surface area (Å²) in [5, 5.41) is 20.6. The van der Waals surface area contributed by atoms with Crippen LogP contribution in [0.2, 0.25) is 0 Å². The number of hydrogen-bond donors (Lipinski definition) is 1. The topological polar surface area (TPSA) is 79.9 Å². The molecule has 0 atom stereocenters. The molecule has 0 fully saturated rings. The molecule has 5 heteroatoms. The Morgan fingerprint density at radius 2 is 2.00 bits per heavy atom. The maximum absolute atomic E-state index is 12.2. The van der Waals surface area contributed by atoms with Gasteiger partial charge in [0, 0.05) is 12.1 Å². The van der Waals surface area contributed by atoms with E-state index in [9.17, 15) is 4.79 Å². The van der Waals surface area contributed by atoms with E-state index in [2.05, 4.69) is 5.32 Å². The van der Waals surface area contributed by atoms with E-state index in [1.54, 1.807) is 6.07 Å². The number of fused-ring (bicyclic) bond motifs is 1. The first-order valence-corrected chi connectivity index (χ1v) is 6.12. The number of carbonyl (C=O) groups is 1. The third kappa shape index (κ3) is 2.90. The van der Waals surface area contributed by atoms with Gasteiger partial charge in [-0.1, -0.05) is 6.07 Å². The molecular formula is C14H14N4O. The first-order chi connectivity index (χ1) is 9.26. The summed E-state index contributed by atoms with van der Waals surface area (Å²) < 4.78 is 0. The molecule has 2 rings (SSSR count). The molecule has 1 N–H and O–H groups in total. The third-order valence-corrected chi connectivity index (χ3v) is 3.15. The molecule has 0 unspecified atom stereocenters. The highest BCUT2D eigenvalue weighted by Gasteiger charge is 2.17. The van der Waals surface area contributed by atoms with Gasteiger partial charge in [0.1, 0.15) is 13.1 Å². The number of nitrogens with zero attached hydrogens (tertiary/aromatic N) is 3. The summed E-state index contributed by atoms with van der Waals surface area (Å²) in [6.07, 6.45) is 0.962. The Bertz CT molecular complexity index is 552. The van der Waals surface area contributed by atoms with Gasteiger partial charge in [-0.25, -0.2) is 0 Å². The van der Waals surface area contributed by atoms with E-state index >= 15 is 0 Å². The molecule has 0 aromatic heterocycles. The molecule has 0 spiro atoms. The summed E-state index contributed by atoms with van der Waals surface area (Å²) >= 11 is 0. The van der Waals surface area contributed by atoms with Gasteiger partial charge in [0.15, 0.2) is 0 Å². The van der Waals surface area contributed by atoms with Crippen LogP contribution in [0.1, 0.15) is 21.5 Å². The number of benzene rings is 1. The second-order valence-corrected chi connectivity index (χ2v) is 4.39. The van der Waals surface area contributed by atoms with Crippen molar-refractivity contribution in [1.82, 2.24) is 10.2 Å². The van der Waals surface area contributed by atoms with Crippen molar-refractivity contribution in [2.75, 3.05) is 19.6 Å². The minimum Gasteiger partial charge on any atom is -0.312 e. The Hall–Kier alpha value is -2.37. The number of carbonyl (C=O) groups excluding carboxylic acids is 1. The molecule has 5 nitrogen and oxygen atoms in total. The normalized spacial score (nSPS) is 12.9. The van der Waals surface area contributed by atoms with Crippen molar-refractivity contribution >= 4 is 5.91 Å². The largest absolute Gasteiger partial charge is 0.312 e. The molecule has 0 radical (unpaired) electrons. The first-order valence-electron chi connectivity index (χ1n) is 6.12. The van der Waals surface area contributed by atoms with Gasteiger partial charge in [-0.05, 0) is 36.2 Å². The predicted molar refractivity (Wildman–Crippen MR) is 69.0 cm³/mol. The average Bonchev–Trinajstić information content (AvgIpc) is 2.46. The number of rotatable bonds is 3. The predicted octanol–water partition coefficient (Wildman–Crippen LogP) is 0.822. The van der Waals surface area contributed by atoms with Gasteiger partial charge in [-0.3, -0.25) is 4.79 Å². The van der Waals surface area contributed by atoms with Crippen molar-refractivity contribution in [3.8, 4) is 12.1 Å². The van der Waals surface area contributed by atoms with Crippen LogP contribution in [0.5, 0.6) is 0 Å². The average molecular weight is 254 g/mol. The van der Waals surface area contributed by atoms with Gasteiger partial charge in [0.2, 0.25) is 0 Å². The Morgan fingerprint density at radius 1 is 1.26 bits per heavy atom. The van der Waals surface area contributed by atoms with Crippen LogP contribution >= 0.6 is 0 Å². The fraction of sp³-hybridized carbons (Fsp3) is 0.357. The summed E-state index contributed by atoms with van der Waals surface area (Å²) in [7, 11) is 0. The lowest BCUT2D eigenvalue weighted by atomic mass is 9.98. The second-order valence-electron chi connectivity index (χ2n) is 4.39. The van der Waals surface area contributed by atoms with E-state index in [1.165, 1.54) is 10.5 Å². The zero-order chi connectivity index (χ0) is 13.7. The van der Waals surface area contributed by atoms with E-state index in [0.29, 0.717) is 5.56 Å². The van der Waals surface area contributed by atoms with Crippen LogP contribution in [0.25, 0.3) is 0 Å². The van der Waals surface area contributed by atoms with Crippen molar-refractivity contribution in [1.29, 1.82) is 10.5 Å². The molecule has 1 amide bonds. The Balaban J connectivity index is 2.23. The quantitative estimate of drug-likeness (QED) is 0.810. The van der Waals surface area contributed by atoms with Gasteiger partial charge < -0.3 is 10.2 Å². The van der Waals surface area contributed by atoms with Crippen LogP contribution in [0.4, 0.5) is 0 Å². The number of amides is 1. The molecule has 0 bridgehead atoms. The maximum atomic E-state index is 12.2. The Morgan fingerprint density at radius 3 is 2.68 bits per heavy atom. The van der Waals surface area contributed by atoms with Crippen molar-refractivity contribution in [2.45, 2.75) is 13.0 Å². The van der Waals surface area contributed by atoms with E-state index in [1.807, 2.05) is 24.3 Å². The summed E-state index contributed by atoms with van der Waals surface area (Å²) in [5.74, 6) is -0.267. The Labute approximate surface area is 112 Å². The van der Waals surface area contributed by atoms with Crippen LogP contribution in [-0.4, -0.2) is 30.4 Å². The van der Waals surface area contributed by atoms with Crippen LogP contribution in [0.3, 0.4) is 0 Å². The van der Waals surface area contributed by atoms with Gasteiger partial charge >= 0.3 is 0 Å². The fourth-order valence-corrected chi connectivity index (χ4v) is 2.17. The lowest BCUT2D eigenvalue weighted by molar-refractivity contribution is 0.0794. The molecule has 1 aromatic carbocycles. The molecular weight excluding hydrogens is 240 g/mol. The first kappa shape index (κ1) is 13.1. The van der Waals surface area contributed by atoms with Crippen molar-refractivity contribution < 1.29 is 4.79 Å². The Kier molecular flexibility index (Phi) is 4.12. The highest BCUT2D eigenvalue weighted by atomic mass is 16.2. The monoisotopic (exact) mass is 254 g/mol. The number of hydrogen-bond acceptors (Lipinski definition) is 4. The maximum Gasteiger partial charge on any atom is 0.255 e. The molecule has 1 aliphatic rings. The summed E-state index contributed by atoms with van der Waals surface area (Å²) in [5.41, 5.74) is 2.90. The summed E-state index contributed by atoms with van der Waals surface area (Å²) in [4.78, 5) is 13.5. The van der Waals surface area contributed by atoms with Gasteiger partial charge in [-0.2, -0.15) is 10.5 Å².